The van der Waals surface area contributed by atoms with Crippen molar-refractivity contribution in [1.82, 2.24) is 14.5 Å². The fourth-order valence-corrected chi connectivity index (χ4v) is 1.23. The van der Waals surface area contributed by atoms with E-state index in [0.29, 0.717) is 0 Å². The van der Waals surface area contributed by atoms with Crippen LogP contribution in [0.5, 0.6) is 0 Å². The number of likely N-dealkylation sites (N-methyl/N-ethyl adjacent to an activating group) is 1. The standard InChI is InChI=1S/C6H9N5O2S/c1-11(2-5(7)9-13)6(12)4-3-14-10-8-4/h3,13H,2H2,1H3,(H2,7,9). The van der Waals surface area contributed by atoms with Gasteiger partial charge in [0.1, 0.15) is 0 Å². The Balaban J connectivity index is 2.62. The Hall–Kier alpha value is -1.70. The fourth-order valence-electron chi connectivity index (χ4n) is 0.800. The number of oxime groups is 1. The number of carbonyl (C=O) groups is 1. The van der Waals surface area contributed by atoms with Gasteiger partial charge < -0.3 is 15.8 Å². The smallest absolute Gasteiger partial charge is 0.275 e. The Morgan fingerprint density at radius 2 is 2.57 bits per heavy atom. The molecular weight excluding hydrogens is 206 g/mol. The first-order chi connectivity index (χ1) is 6.65. The van der Waals surface area contributed by atoms with E-state index in [4.69, 9.17) is 10.9 Å². The lowest BCUT2D eigenvalue weighted by atomic mass is 10.4. The second-order valence-electron chi connectivity index (χ2n) is 2.54. The van der Waals surface area contributed by atoms with Crippen LogP contribution < -0.4 is 5.73 Å². The second-order valence-corrected chi connectivity index (χ2v) is 3.15. The van der Waals surface area contributed by atoms with Crippen LogP contribution in [0, 0.1) is 0 Å². The minimum atomic E-state index is -0.314. The van der Waals surface area contributed by atoms with E-state index in [1.165, 1.54) is 17.3 Å². The van der Waals surface area contributed by atoms with E-state index < -0.39 is 0 Å². The number of amides is 1. The number of rotatable bonds is 3. The topological polar surface area (TPSA) is 105 Å². The molecule has 14 heavy (non-hydrogen) atoms. The Morgan fingerprint density at radius 3 is 3.07 bits per heavy atom. The van der Waals surface area contributed by atoms with Gasteiger partial charge in [0.05, 0.1) is 6.54 Å². The molecule has 0 radical (unpaired) electrons. The summed E-state index contributed by atoms with van der Waals surface area (Å²) in [5.41, 5.74) is 5.49. The van der Waals surface area contributed by atoms with Crippen LogP contribution in [-0.2, 0) is 0 Å². The Morgan fingerprint density at radius 1 is 1.86 bits per heavy atom. The lowest BCUT2D eigenvalue weighted by Crippen LogP contribution is -2.35. The van der Waals surface area contributed by atoms with Crippen molar-refractivity contribution < 1.29 is 10.0 Å². The number of carbonyl (C=O) groups excluding carboxylic acids is 1. The zero-order chi connectivity index (χ0) is 10.6. The quantitative estimate of drug-likeness (QED) is 0.302. The average Bonchev–Trinajstić information content (AvgIpc) is 2.69. The van der Waals surface area contributed by atoms with Gasteiger partial charge in [0.25, 0.3) is 5.91 Å². The molecule has 0 atom stereocenters. The van der Waals surface area contributed by atoms with Crippen LogP contribution in [0.25, 0.3) is 0 Å². The first kappa shape index (κ1) is 10.4. The van der Waals surface area contributed by atoms with E-state index in [0.717, 1.165) is 11.5 Å². The van der Waals surface area contributed by atoms with E-state index in [-0.39, 0.29) is 24.0 Å². The van der Waals surface area contributed by atoms with Crippen molar-refractivity contribution in [2.45, 2.75) is 0 Å². The molecule has 1 heterocycles. The summed E-state index contributed by atoms with van der Waals surface area (Å²) >= 11 is 1.09. The third-order valence-electron chi connectivity index (χ3n) is 1.45. The highest BCUT2D eigenvalue weighted by Gasteiger charge is 2.15. The SMILES string of the molecule is CN(CC(N)=NO)C(=O)c1csnn1. The zero-order valence-corrected chi connectivity index (χ0v) is 8.23. The molecule has 3 N–H and O–H groups in total. The number of hydrogen-bond donors (Lipinski definition) is 2. The first-order valence-corrected chi connectivity index (χ1v) is 4.47. The van der Waals surface area contributed by atoms with Gasteiger partial charge in [-0.15, -0.1) is 5.10 Å². The predicted molar refractivity (Wildman–Crippen MR) is 50.3 cm³/mol. The maximum atomic E-state index is 11.5. The van der Waals surface area contributed by atoms with Crippen molar-refractivity contribution in [3.63, 3.8) is 0 Å². The van der Waals surface area contributed by atoms with Crippen LogP contribution in [-0.4, -0.2) is 45.0 Å². The molecule has 7 nitrogen and oxygen atoms in total. The third kappa shape index (κ3) is 2.39. The van der Waals surface area contributed by atoms with Gasteiger partial charge in [-0.05, 0) is 11.5 Å². The highest BCUT2D eigenvalue weighted by molar-refractivity contribution is 7.03. The van der Waals surface area contributed by atoms with Crippen molar-refractivity contribution in [3.05, 3.63) is 11.1 Å². The normalized spacial score (nSPS) is 11.4. The maximum Gasteiger partial charge on any atom is 0.275 e. The third-order valence-corrected chi connectivity index (χ3v) is 1.96. The average molecular weight is 215 g/mol. The van der Waals surface area contributed by atoms with Gasteiger partial charge in [-0.1, -0.05) is 9.64 Å². The summed E-state index contributed by atoms with van der Waals surface area (Å²) in [7, 11) is 1.53. The van der Waals surface area contributed by atoms with Crippen molar-refractivity contribution >= 4 is 23.3 Å². The molecule has 0 aliphatic rings. The highest BCUT2D eigenvalue weighted by atomic mass is 32.1. The molecule has 0 aromatic carbocycles. The largest absolute Gasteiger partial charge is 0.409 e. The summed E-state index contributed by atoms with van der Waals surface area (Å²) in [6.45, 7) is 0.0485. The molecule has 0 bridgehead atoms. The van der Waals surface area contributed by atoms with Gasteiger partial charge in [0, 0.05) is 12.4 Å². The van der Waals surface area contributed by atoms with E-state index >= 15 is 0 Å². The van der Waals surface area contributed by atoms with Crippen molar-refractivity contribution in [1.29, 1.82) is 0 Å². The molecule has 1 aromatic heterocycles. The summed E-state index contributed by atoms with van der Waals surface area (Å²) in [4.78, 5) is 12.8. The molecular formula is C6H9N5O2S. The molecule has 1 aromatic rings. The van der Waals surface area contributed by atoms with Gasteiger partial charge in [-0.25, -0.2) is 0 Å². The Kier molecular flexibility index (Phi) is 3.35. The molecule has 8 heteroatoms. The maximum absolute atomic E-state index is 11.5. The summed E-state index contributed by atoms with van der Waals surface area (Å²) in [6, 6.07) is 0. The van der Waals surface area contributed by atoms with Gasteiger partial charge in [0.2, 0.25) is 0 Å². The van der Waals surface area contributed by atoms with Gasteiger partial charge in [-0.3, -0.25) is 4.79 Å². The molecule has 0 aliphatic heterocycles. The lowest BCUT2D eigenvalue weighted by Gasteiger charge is -2.13. The van der Waals surface area contributed by atoms with Crippen LogP contribution >= 0.6 is 11.5 Å². The summed E-state index contributed by atoms with van der Waals surface area (Å²) in [5.74, 6) is -0.352. The van der Waals surface area contributed by atoms with Crippen molar-refractivity contribution in [2.24, 2.45) is 10.9 Å². The highest BCUT2D eigenvalue weighted by Crippen LogP contribution is 2.00. The van der Waals surface area contributed by atoms with Crippen LogP contribution in [0.4, 0.5) is 0 Å². The molecule has 0 aliphatic carbocycles. The molecule has 0 unspecified atom stereocenters. The molecule has 0 fully saturated rings. The Labute approximate surface area is 84.0 Å². The molecule has 1 rings (SSSR count). The van der Waals surface area contributed by atoms with Gasteiger partial charge in [-0.2, -0.15) is 0 Å². The van der Waals surface area contributed by atoms with Crippen LogP contribution in [0.3, 0.4) is 0 Å². The number of nitrogens with zero attached hydrogens (tertiary/aromatic N) is 4. The van der Waals surface area contributed by atoms with E-state index in [2.05, 4.69) is 14.7 Å². The van der Waals surface area contributed by atoms with E-state index in [1.807, 2.05) is 0 Å². The zero-order valence-electron chi connectivity index (χ0n) is 7.41. The number of nitrogens with two attached hydrogens (primary N) is 1. The first-order valence-electron chi connectivity index (χ1n) is 3.64. The molecule has 0 spiro atoms. The molecule has 0 saturated heterocycles. The van der Waals surface area contributed by atoms with Crippen LogP contribution in [0.2, 0.25) is 0 Å². The minimum Gasteiger partial charge on any atom is -0.409 e. The predicted octanol–water partition coefficient (Wildman–Crippen LogP) is -0.644. The second kappa shape index (κ2) is 4.51. The van der Waals surface area contributed by atoms with Crippen LogP contribution in [0.15, 0.2) is 10.5 Å². The van der Waals surface area contributed by atoms with E-state index in [1.54, 1.807) is 0 Å². The minimum absolute atomic E-state index is 0.0379. The van der Waals surface area contributed by atoms with Crippen molar-refractivity contribution in [2.75, 3.05) is 13.6 Å². The van der Waals surface area contributed by atoms with Crippen LogP contribution in [0.1, 0.15) is 10.5 Å². The number of amidine groups is 1. The molecule has 0 saturated carbocycles. The Bertz CT molecular complexity index is 336. The molecule has 1 amide bonds. The van der Waals surface area contributed by atoms with Gasteiger partial charge >= 0.3 is 0 Å². The summed E-state index contributed by atoms with van der Waals surface area (Å²) in [5, 5.41) is 16.2. The number of hydrogen-bond acceptors (Lipinski definition) is 6. The van der Waals surface area contributed by atoms with E-state index in [9.17, 15) is 4.79 Å². The fraction of sp³-hybridized carbons (Fsp3) is 0.333. The summed E-state index contributed by atoms with van der Waals surface area (Å²) in [6.07, 6.45) is 0. The monoisotopic (exact) mass is 215 g/mol. The molecule has 76 valence electrons. The lowest BCUT2D eigenvalue weighted by molar-refractivity contribution is 0.0808. The number of aromatic nitrogens is 2. The van der Waals surface area contributed by atoms with Gasteiger partial charge in [0.15, 0.2) is 11.5 Å². The van der Waals surface area contributed by atoms with Crippen molar-refractivity contribution in [3.8, 4) is 0 Å². The summed E-state index contributed by atoms with van der Waals surface area (Å²) < 4.78 is 3.56.